The molecule has 0 spiro atoms. The van der Waals surface area contributed by atoms with Crippen LogP contribution in [0.5, 0.6) is 0 Å². The maximum atomic E-state index is 10.9. The Balaban J connectivity index is 1.52. The molecular formula is C23H24N8O2. The number of hydrogen-bond acceptors (Lipinski definition) is 9. The van der Waals surface area contributed by atoms with Gasteiger partial charge in [0.1, 0.15) is 0 Å². The molecule has 4 rings (SSSR count). The van der Waals surface area contributed by atoms with Gasteiger partial charge in [0.15, 0.2) is 0 Å². The highest BCUT2D eigenvalue weighted by atomic mass is 16.6. The van der Waals surface area contributed by atoms with Crippen LogP contribution < -0.4 is 15.6 Å². The zero-order valence-corrected chi connectivity index (χ0v) is 18.2. The number of nitrogens with one attached hydrogen (secondary N) is 2. The molecule has 0 radical (unpaired) electrons. The van der Waals surface area contributed by atoms with Crippen LogP contribution in [-0.2, 0) is 0 Å². The summed E-state index contributed by atoms with van der Waals surface area (Å²) in [5.74, 6) is 1.19. The summed E-state index contributed by atoms with van der Waals surface area (Å²) in [7, 11) is 0. The Morgan fingerprint density at radius 2 is 1.73 bits per heavy atom. The molecule has 168 valence electrons. The summed E-state index contributed by atoms with van der Waals surface area (Å²) in [6.07, 6.45) is 5.90. The Hall–Kier alpha value is -4.34. The Kier molecular flexibility index (Phi) is 6.84. The average Bonchev–Trinajstić information content (AvgIpc) is 3.35. The quantitative estimate of drug-likeness (QED) is 0.293. The van der Waals surface area contributed by atoms with Crippen molar-refractivity contribution in [3.05, 3.63) is 75.8 Å². The second-order valence-electron chi connectivity index (χ2n) is 7.57. The van der Waals surface area contributed by atoms with Crippen molar-refractivity contribution in [3.63, 3.8) is 0 Å². The summed E-state index contributed by atoms with van der Waals surface area (Å²) in [4.78, 5) is 26.0. The number of rotatable bonds is 8. The van der Waals surface area contributed by atoms with Crippen molar-refractivity contribution in [2.24, 2.45) is 5.10 Å². The van der Waals surface area contributed by atoms with Gasteiger partial charge in [-0.15, -0.1) is 0 Å². The summed E-state index contributed by atoms with van der Waals surface area (Å²) in [5.41, 5.74) is 5.59. The maximum Gasteiger partial charge on any atom is 0.269 e. The maximum absolute atomic E-state index is 10.9. The van der Waals surface area contributed by atoms with Crippen LogP contribution >= 0.6 is 0 Å². The highest BCUT2D eigenvalue weighted by molar-refractivity contribution is 5.85. The van der Waals surface area contributed by atoms with E-state index in [9.17, 15) is 10.1 Å². The third-order valence-corrected chi connectivity index (χ3v) is 4.97. The van der Waals surface area contributed by atoms with Crippen LogP contribution in [0.2, 0.25) is 0 Å². The number of allylic oxidation sites excluding steroid dienone is 1. The van der Waals surface area contributed by atoms with Gasteiger partial charge in [-0.05, 0) is 43.0 Å². The molecule has 3 aromatic rings. The van der Waals surface area contributed by atoms with E-state index in [1.165, 1.54) is 12.1 Å². The number of nitro benzene ring substituents is 1. The van der Waals surface area contributed by atoms with Crippen LogP contribution in [0.15, 0.2) is 65.3 Å². The number of benzene rings is 2. The normalized spacial score (nSPS) is 14.0. The van der Waals surface area contributed by atoms with E-state index >= 15 is 0 Å². The second kappa shape index (κ2) is 10.3. The minimum Gasteiger partial charge on any atom is -0.341 e. The predicted octanol–water partition coefficient (Wildman–Crippen LogP) is 4.62. The van der Waals surface area contributed by atoms with Crippen LogP contribution in [0.25, 0.3) is 6.08 Å². The molecule has 2 heterocycles. The van der Waals surface area contributed by atoms with E-state index in [0.29, 0.717) is 23.5 Å². The van der Waals surface area contributed by atoms with E-state index in [1.807, 2.05) is 43.3 Å². The van der Waals surface area contributed by atoms with Crippen molar-refractivity contribution in [2.75, 3.05) is 28.7 Å². The molecular weight excluding hydrogens is 420 g/mol. The number of aromatic nitrogens is 3. The number of hydrazone groups is 1. The molecule has 10 heteroatoms. The topological polar surface area (TPSA) is 121 Å². The van der Waals surface area contributed by atoms with Crippen LogP contribution in [0.3, 0.4) is 0 Å². The van der Waals surface area contributed by atoms with E-state index in [2.05, 4.69) is 35.7 Å². The molecule has 0 atom stereocenters. The first kappa shape index (κ1) is 21.9. The van der Waals surface area contributed by atoms with Crippen LogP contribution in [0.1, 0.15) is 25.3 Å². The van der Waals surface area contributed by atoms with Gasteiger partial charge in [-0.1, -0.05) is 36.4 Å². The molecule has 1 saturated heterocycles. The fraction of sp³-hybridized carbons (Fsp3) is 0.217. The molecule has 10 nitrogen and oxygen atoms in total. The van der Waals surface area contributed by atoms with Gasteiger partial charge in [-0.3, -0.25) is 10.1 Å². The minimum absolute atomic E-state index is 0.0181. The van der Waals surface area contributed by atoms with E-state index in [0.717, 1.165) is 37.1 Å². The number of anilines is 4. The van der Waals surface area contributed by atoms with Gasteiger partial charge in [0.25, 0.3) is 5.69 Å². The molecule has 0 bridgehead atoms. The zero-order chi connectivity index (χ0) is 23.0. The Morgan fingerprint density at radius 1 is 1.03 bits per heavy atom. The average molecular weight is 444 g/mol. The van der Waals surface area contributed by atoms with Crippen molar-refractivity contribution in [3.8, 4) is 0 Å². The highest BCUT2D eigenvalue weighted by Crippen LogP contribution is 2.22. The molecule has 33 heavy (non-hydrogen) atoms. The summed E-state index contributed by atoms with van der Waals surface area (Å²) in [6.45, 7) is 3.72. The van der Waals surface area contributed by atoms with Crippen molar-refractivity contribution in [2.45, 2.75) is 19.8 Å². The second-order valence-corrected chi connectivity index (χ2v) is 7.57. The first-order chi connectivity index (χ1) is 16.1. The number of nitrogens with zero attached hydrogens (tertiary/aromatic N) is 6. The van der Waals surface area contributed by atoms with Crippen molar-refractivity contribution < 1.29 is 4.92 Å². The lowest BCUT2D eigenvalue weighted by Crippen LogP contribution is -2.21. The van der Waals surface area contributed by atoms with Gasteiger partial charge < -0.3 is 10.2 Å². The fourth-order valence-corrected chi connectivity index (χ4v) is 3.37. The van der Waals surface area contributed by atoms with Crippen molar-refractivity contribution >= 4 is 41.5 Å². The number of non-ortho nitro benzene ring substituents is 1. The smallest absolute Gasteiger partial charge is 0.269 e. The Morgan fingerprint density at radius 3 is 2.42 bits per heavy atom. The zero-order valence-electron chi connectivity index (χ0n) is 18.2. The van der Waals surface area contributed by atoms with Crippen molar-refractivity contribution in [1.82, 2.24) is 15.0 Å². The highest BCUT2D eigenvalue weighted by Gasteiger charge is 2.17. The molecule has 2 N–H and O–H groups in total. The predicted molar refractivity (Wildman–Crippen MR) is 130 cm³/mol. The monoisotopic (exact) mass is 444 g/mol. The van der Waals surface area contributed by atoms with E-state index in [4.69, 9.17) is 0 Å². The lowest BCUT2D eigenvalue weighted by atomic mass is 10.1. The lowest BCUT2D eigenvalue weighted by molar-refractivity contribution is -0.384. The summed E-state index contributed by atoms with van der Waals surface area (Å²) >= 11 is 0. The van der Waals surface area contributed by atoms with Crippen LogP contribution in [0.4, 0.5) is 29.2 Å². The minimum atomic E-state index is -0.438. The summed E-state index contributed by atoms with van der Waals surface area (Å²) in [5, 5.41) is 18.2. The van der Waals surface area contributed by atoms with Crippen LogP contribution in [-0.4, -0.2) is 39.2 Å². The van der Waals surface area contributed by atoms with Gasteiger partial charge in [-0.25, -0.2) is 5.43 Å². The molecule has 1 fully saturated rings. The van der Waals surface area contributed by atoms with E-state index in [1.54, 1.807) is 18.3 Å². The van der Waals surface area contributed by atoms with Gasteiger partial charge in [0.2, 0.25) is 17.8 Å². The molecule has 0 aliphatic carbocycles. The van der Waals surface area contributed by atoms with Gasteiger partial charge in [0.05, 0.1) is 11.1 Å². The van der Waals surface area contributed by atoms with Gasteiger partial charge in [-0.2, -0.15) is 20.1 Å². The lowest BCUT2D eigenvalue weighted by Gasteiger charge is -2.16. The molecule has 1 aliphatic rings. The molecule has 0 saturated carbocycles. The number of nitro groups is 1. The molecule has 0 amide bonds. The van der Waals surface area contributed by atoms with E-state index < -0.39 is 4.92 Å². The van der Waals surface area contributed by atoms with Crippen molar-refractivity contribution in [1.29, 1.82) is 0 Å². The Labute approximate surface area is 191 Å². The first-order valence-electron chi connectivity index (χ1n) is 10.6. The number of hydrogen-bond donors (Lipinski definition) is 2. The molecule has 0 unspecified atom stereocenters. The third kappa shape index (κ3) is 6.10. The standard InChI is InChI=1S/C23H24N8O2/c1-17(15-18-7-3-2-4-8-18)16-24-29-22-26-21(27-23(28-22)30-13-5-6-14-30)25-19-9-11-20(12-10-19)31(32)33/h2-4,7-12,15-16H,5-6,13-14H2,1H3,(H2,25,26,27,28,29)/b17-15+,24-16+. The third-order valence-electron chi connectivity index (χ3n) is 4.97. The molecule has 1 aromatic heterocycles. The fourth-order valence-electron chi connectivity index (χ4n) is 3.37. The Bertz CT molecular complexity index is 1160. The summed E-state index contributed by atoms with van der Waals surface area (Å²) < 4.78 is 0. The molecule has 2 aromatic carbocycles. The summed E-state index contributed by atoms with van der Waals surface area (Å²) in [6, 6.07) is 16.1. The SMILES string of the molecule is CC(/C=N/Nc1nc(Nc2ccc([N+](=O)[O-])cc2)nc(N2CCCC2)n1)=C\c1ccccc1. The van der Waals surface area contributed by atoms with Crippen LogP contribution in [0, 0.1) is 10.1 Å². The first-order valence-corrected chi connectivity index (χ1v) is 10.6. The van der Waals surface area contributed by atoms with Gasteiger partial charge in [0, 0.05) is 30.9 Å². The van der Waals surface area contributed by atoms with E-state index in [-0.39, 0.29) is 5.69 Å². The van der Waals surface area contributed by atoms with Gasteiger partial charge >= 0.3 is 0 Å². The largest absolute Gasteiger partial charge is 0.341 e. The molecule has 1 aliphatic heterocycles.